The largest absolute Gasteiger partial charge is 0.394 e. The summed E-state index contributed by atoms with van der Waals surface area (Å²) in [5.74, 6) is 1.56. The molecule has 0 bridgehead atoms. The first-order valence-electron chi connectivity index (χ1n) is 8.38. The molecule has 0 aliphatic carbocycles. The van der Waals surface area contributed by atoms with Crippen LogP contribution in [-0.2, 0) is 6.54 Å². The third-order valence-corrected chi connectivity index (χ3v) is 3.73. The average molecular weight is 367 g/mol. The SMILES string of the molecule is C=Nn1ccnc1/C=C\CCNc1nc(-c2cnn(CCO)c2)cnc1N. The molecule has 0 aromatic carbocycles. The lowest BCUT2D eigenvalue weighted by atomic mass is 10.2. The Bertz CT molecular complexity index is 928. The van der Waals surface area contributed by atoms with Crippen molar-refractivity contribution in [3.8, 4) is 11.3 Å². The van der Waals surface area contributed by atoms with Crippen LogP contribution < -0.4 is 11.1 Å². The van der Waals surface area contributed by atoms with E-state index in [0.717, 1.165) is 12.0 Å². The second-order valence-electron chi connectivity index (χ2n) is 5.59. The summed E-state index contributed by atoms with van der Waals surface area (Å²) >= 11 is 0. The first-order valence-corrected chi connectivity index (χ1v) is 8.38. The first kappa shape index (κ1) is 18.3. The van der Waals surface area contributed by atoms with Gasteiger partial charge in [0.25, 0.3) is 0 Å². The lowest BCUT2D eigenvalue weighted by molar-refractivity contribution is 0.269. The maximum atomic E-state index is 8.98. The minimum absolute atomic E-state index is 0.0258. The summed E-state index contributed by atoms with van der Waals surface area (Å²) in [6.07, 6.45) is 13.1. The van der Waals surface area contributed by atoms with Gasteiger partial charge < -0.3 is 16.2 Å². The van der Waals surface area contributed by atoms with Crippen molar-refractivity contribution >= 4 is 24.4 Å². The number of nitrogens with zero attached hydrogens (tertiary/aromatic N) is 7. The van der Waals surface area contributed by atoms with E-state index >= 15 is 0 Å². The molecular weight excluding hydrogens is 346 g/mol. The van der Waals surface area contributed by atoms with Crippen LogP contribution >= 0.6 is 0 Å². The van der Waals surface area contributed by atoms with E-state index in [4.69, 9.17) is 10.8 Å². The van der Waals surface area contributed by atoms with Crippen molar-refractivity contribution in [3.63, 3.8) is 0 Å². The van der Waals surface area contributed by atoms with Crippen LogP contribution in [-0.4, -0.2) is 54.4 Å². The summed E-state index contributed by atoms with van der Waals surface area (Å²) < 4.78 is 3.24. The van der Waals surface area contributed by atoms with Crippen LogP contribution in [0, 0.1) is 0 Å². The number of nitrogens with one attached hydrogen (secondary N) is 1. The zero-order chi connectivity index (χ0) is 19.1. The van der Waals surface area contributed by atoms with E-state index in [2.05, 4.69) is 37.2 Å². The van der Waals surface area contributed by atoms with Crippen LogP contribution in [0.25, 0.3) is 17.3 Å². The highest BCUT2D eigenvalue weighted by molar-refractivity contribution is 5.64. The molecule has 0 amide bonds. The molecule has 0 atom stereocenters. The maximum Gasteiger partial charge on any atom is 0.169 e. The third-order valence-electron chi connectivity index (χ3n) is 3.73. The summed E-state index contributed by atoms with van der Waals surface area (Å²) in [5.41, 5.74) is 7.38. The highest BCUT2D eigenvalue weighted by Crippen LogP contribution is 2.20. The monoisotopic (exact) mass is 367 g/mol. The fraction of sp³-hybridized carbons (Fsp3) is 0.235. The zero-order valence-corrected chi connectivity index (χ0v) is 14.7. The first-order chi connectivity index (χ1) is 13.2. The molecule has 0 saturated heterocycles. The van der Waals surface area contributed by atoms with E-state index in [-0.39, 0.29) is 6.61 Å². The lowest BCUT2D eigenvalue weighted by Crippen LogP contribution is -2.07. The van der Waals surface area contributed by atoms with E-state index in [9.17, 15) is 0 Å². The van der Waals surface area contributed by atoms with E-state index in [1.165, 1.54) is 0 Å². The smallest absolute Gasteiger partial charge is 0.169 e. The fourth-order valence-electron chi connectivity index (χ4n) is 2.40. The van der Waals surface area contributed by atoms with Crippen molar-refractivity contribution in [2.24, 2.45) is 5.10 Å². The zero-order valence-electron chi connectivity index (χ0n) is 14.7. The summed E-state index contributed by atoms with van der Waals surface area (Å²) in [6, 6.07) is 0. The van der Waals surface area contributed by atoms with Gasteiger partial charge in [0.2, 0.25) is 0 Å². The normalized spacial score (nSPS) is 11.1. The molecule has 0 saturated carbocycles. The van der Waals surface area contributed by atoms with Gasteiger partial charge in [-0.1, -0.05) is 6.08 Å². The van der Waals surface area contributed by atoms with Crippen molar-refractivity contribution in [1.82, 2.24) is 29.4 Å². The number of aromatic nitrogens is 6. The van der Waals surface area contributed by atoms with Crippen LogP contribution in [0.15, 0.2) is 42.2 Å². The molecule has 0 aliphatic heterocycles. The number of rotatable bonds is 9. The number of aliphatic hydroxyl groups excluding tert-OH is 1. The number of aliphatic hydroxyl groups is 1. The van der Waals surface area contributed by atoms with Crippen molar-refractivity contribution in [2.45, 2.75) is 13.0 Å². The molecule has 10 heteroatoms. The van der Waals surface area contributed by atoms with Crippen LogP contribution in [0.2, 0.25) is 0 Å². The Kier molecular flexibility index (Phi) is 5.90. The summed E-state index contributed by atoms with van der Waals surface area (Å²) in [5, 5.41) is 20.1. The molecule has 3 heterocycles. The van der Waals surface area contributed by atoms with Crippen molar-refractivity contribution in [2.75, 3.05) is 24.2 Å². The Labute approximate surface area is 156 Å². The Morgan fingerprint density at radius 3 is 3.04 bits per heavy atom. The molecule has 10 nitrogen and oxygen atoms in total. The number of anilines is 2. The van der Waals surface area contributed by atoms with Gasteiger partial charge >= 0.3 is 0 Å². The molecule has 0 radical (unpaired) electrons. The summed E-state index contributed by atoms with van der Waals surface area (Å²) in [6.45, 7) is 4.57. The summed E-state index contributed by atoms with van der Waals surface area (Å²) in [4.78, 5) is 12.9. The number of nitrogen functional groups attached to an aromatic ring is 1. The third kappa shape index (κ3) is 4.55. The van der Waals surface area contributed by atoms with Gasteiger partial charge in [-0.3, -0.25) is 4.68 Å². The second kappa shape index (κ2) is 8.72. The Morgan fingerprint density at radius 2 is 2.22 bits per heavy atom. The summed E-state index contributed by atoms with van der Waals surface area (Å²) in [7, 11) is 0. The minimum atomic E-state index is 0.0258. The van der Waals surface area contributed by atoms with Crippen LogP contribution in [0.1, 0.15) is 12.2 Å². The van der Waals surface area contributed by atoms with Crippen molar-refractivity contribution in [3.05, 3.63) is 42.9 Å². The van der Waals surface area contributed by atoms with E-state index in [0.29, 0.717) is 36.2 Å². The molecular formula is C17H21N9O. The Morgan fingerprint density at radius 1 is 1.33 bits per heavy atom. The number of nitrogens with two attached hydrogens (primary N) is 1. The Balaban J connectivity index is 1.60. The lowest BCUT2D eigenvalue weighted by Gasteiger charge is -2.07. The fourth-order valence-corrected chi connectivity index (χ4v) is 2.40. The van der Waals surface area contributed by atoms with Gasteiger partial charge in [-0.15, -0.1) is 0 Å². The van der Waals surface area contributed by atoms with Crippen LogP contribution in [0.4, 0.5) is 11.6 Å². The van der Waals surface area contributed by atoms with Gasteiger partial charge in [0, 0.05) is 37.4 Å². The molecule has 3 aromatic heterocycles. The quantitative estimate of drug-likeness (QED) is 0.381. The average Bonchev–Trinajstić information content (AvgIpc) is 3.32. The van der Waals surface area contributed by atoms with Crippen molar-refractivity contribution in [1.29, 1.82) is 0 Å². The van der Waals surface area contributed by atoms with Gasteiger partial charge in [0.15, 0.2) is 17.5 Å². The van der Waals surface area contributed by atoms with Gasteiger partial charge in [0.1, 0.15) is 0 Å². The van der Waals surface area contributed by atoms with Gasteiger partial charge in [-0.25, -0.2) is 19.6 Å². The highest BCUT2D eigenvalue weighted by atomic mass is 16.3. The molecule has 27 heavy (non-hydrogen) atoms. The molecule has 0 aliphatic rings. The highest BCUT2D eigenvalue weighted by Gasteiger charge is 2.08. The number of hydrogen-bond acceptors (Lipinski definition) is 8. The predicted molar refractivity (Wildman–Crippen MR) is 104 cm³/mol. The standard InChI is InChI=1S/C17H21N9O/c1-19-26-7-6-20-15(26)4-2-3-5-21-17-16(18)22-11-14(24-17)13-10-23-25(12-13)8-9-27/h2,4,6-7,10-12,27H,1,3,5,8-9H2,(H2,18,22)(H,21,24)/b4-2-. The topological polar surface area (TPSA) is 132 Å². The molecule has 140 valence electrons. The van der Waals surface area contributed by atoms with Gasteiger partial charge in [0.05, 0.1) is 31.2 Å². The minimum Gasteiger partial charge on any atom is -0.394 e. The maximum absolute atomic E-state index is 8.98. The number of hydrogen-bond donors (Lipinski definition) is 3. The second-order valence-corrected chi connectivity index (χ2v) is 5.59. The van der Waals surface area contributed by atoms with Crippen LogP contribution in [0.5, 0.6) is 0 Å². The molecule has 3 rings (SSSR count). The van der Waals surface area contributed by atoms with Gasteiger partial charge in [-0.2, -0.15) is 10.2 Å². The Hall–Kier alpha value is -3.53. The van der Waals surface area contributed by atoms with E-state index < -0.39 is 0 Å². The predicted octanol–water partition coefficient (Wildman–Crippen LogP) is 1.09. The molecule has 0 unspecified atom stereocenters. The molecule has 3 aromatic rings. The number of imidazole rings is 1. The van der Waals surface area contributed by atoms with E-state index in [1.54, 1.807) is 40.3 Å². The molecule has 4 N–H and O–H groups in total. The molecule has 0 spiro atoms. The molecule has 0 fully saturated rings. The van der Waals surface area contributed by atoms with E-state index in [1.807, 2.05) is 12.2 Å². The van der Waals surface area contributed by atoms with Crippen molar-refractivity contribution < 1.29 is 5.11 Å². The van der Waals surface area contributed by atoms with Gasteiger partial charge in [-0.05, 0) is 12.5 Å². The van der Waals surface area contributed by atoms with Crippen LogP contribution in [0.3, 0.4) is 0 Å².